The Hall–Kier alpha value is -3.45. The molecule has 1 aliphatic heterocycles. The summed E-state index contributed by atoms with van der Waals surface area (Å²) >= 11 is 6.97. The summed E-state index contributed by atoms with van der Waals surface area (Å²) in [6.07, 6.45) is 11.0. The summed E-state index contributed by atoms with van der Waals surface area (Å²) in [5.74, 6) is 0. The number of hydrogen-bond acceptors (Lipinski definition) is 3. The number of rotatable bonds is 9. The molecule has 0 spiro atoms. The summed E-state index contributed by atoms with van der Waals surface area (Å²) in [6, 6.07) is 24.0. The Balaban J connectivity index is 1.39. The number of likely N-dealkylation sites (tertiary alicyclic amines) is 1. The van der Waals surface area contributed by atoms with Crippen LogP contribution in [-0.4, -0.2) is 23.0 Å². The lowest BCUT2D eigenvalue weighted by molar-refractivity contribution is 0.220. The highest BCUT2D eigenvalue weighted by Gasteiger charge is 2.16. The van der Waals surface area contributed by atoms with E-state index in [1.165, 1.54) is 63.8 Å². The third kappa shape index (κ3) is 6.81. The van der Waals surface area contributed by atoms with Gasteiger partial charge in [-0.15, -0.1) is 0 Å². The molecule has 3 aromatic carbocycles. The van der Waals surface area contributed by atoms with E-state index in [-0.39, 0.29) is 0 Å². The second-order valence-corrected chi connectivity index (χ2v) is 11.6. The first-order chi connectivity index (χ1) is 19.5. The number of benzene rings is 3. The van der Waals surface area contributed by atoms with Gasteiger partial charge < -0.3 is 0 Å². The highest BCUT2D eigenvalue weighted by molar-refractivity contribution is 6.31. The molecule has 0 aliphatic carbocycles. The van der Waals surface area contributed by atoms with Crippen LogP contribution in [0.15, 0.2) is 73.1 Å². The van der Waals surface area contributed by atoms with Gasteiger partial charge in [-0.05, 0) is 128 Å². The molecule has 0 atom stereocenters. The van der Waals surface area contributed by atoms with Crippen LogP contribution in [0.2, 0.25) is 5.02 Å². The lowest BCUT2D eigenvalue weighted by Crippen LogP contribution is -2.29. The lowest BCUT2D eigenvalue weighted by atomic mass is 9.90. The quantitative estimate of drug-likeness (QED) is 0.211. The molecule has 0 bridgehead atoms. The van der Waals surface area contributed by atoms with Crippen molar-refractivity contribution in [1.29, 1.82) is 5.26 Å². The van der Waals surface area contributed by atoms with Gasteiger partial charge in [0.25, 0.3) is 0 Å². The van der Waals surface area contributed by atoms with Crippen molar-refractivity contribution < 1.29 is 0 Å². The van der Waals surface area contributed by atoms with Crippen molar-refractivity contribution in [2.75, 3.05) is 13.1 Å². The monoisotopic (exact) mass is 547 g/mol. The number of aromatic nitrogens is 1. The first kappa shape index (κ1) is 28.1. The van der Waals surface area contributed by atoms with E-state index in [2.05, 4.69) is 84.4 Å². The zero-order valence-corrected chi connectivity index (χ0v) is 24.5. The van der Waals surface area contributed by atoms with Crippen molar-refractivity contribution in [3.05, 3.63) is 123 Å². The van der Waals surface area contributed by atoms with E-state index in [1.54, 1.807) is 6.20 Å². The topological polar surface area (TPSA) is 39.9 Å². The fourth-order valence-electron chi connectivity index (χ4n) is 6.00. The smallest absolute Gasteiger partial charge is 0.101 e. The maximum absolute atomic E-state index is 9.30. The molecule has 1 saturated heterocycles. The number of aryl methyl sites for hydroxylation is 5. The largest absolute Gasteiger partial charge is 0.299 e. The van der Waals surface area contributed by atoms with E-state index in [0.29, 0.717) is 5.56 Å². The Morgan fingerprint density at radius 3 is 2.33 bits per heavy atom. The zero-order valence-electron chi connectivity index (χ0n) is 23.7. The average Bonchev–Trinajstić information content (AvgIpc) is 2.98. The summed E-state index contributed by atoms with van der Waals surface area (Å²) in [7, 11) is 0. The van der Waals surface area contributed by atoms with E-state index in [1.807, 2.05) is 12.3 Å². The van der Waals surface area contributed by atoms with Crippen LogP contribution < -0.4 is 0 Å². The first-order valence-electron chi connectivity index (χ1n) is 14.5. The Morgan fingerprint density at radius 2 is 1.52 bits per heavy atom. The van der Waals surface area contributed by atoms with Crippen LogP contribution in [0.5, 0.6) is 0 Å². The number of nitriles is 1. The predicted molar refractivity (Wildman–Crippen MR) is 166 cm³/mol. The predicted octanol–water partition coefficient (Wildman–Crippen LogP) is 8.45. The fraction of sp³-hybridized carbons (Fsp3) is 0.333. The highest BCUT2D eigenvalue weighted by Crippen LogP contribution is 2.31. The normalized spacial score (nSPS) is 13.8. The van der Waals surface area contributed by atoms with Crippen molar-refractivity contribution in [3.63, 3.8) is 0 Å². The van der Waals surface area contributed by atoms with Gasteiger partial charge in [-0.25, -0.2) is 0 Å². The molecule has 1 fully saturated rings. The number of hydrogen-bond donors (Lipinski definition) is 0. The summed E-state index contributed by atoms with van der Waals surface area (Å²) in [4.78, 5) is 6.84. The number of piperidine rings is 1. The van der Waals surface area contributed by atoms with Crippen LogP contribution in [0.1, 0.15) is 63.8 Å². The van der Waals surface area contributed by atoms with E-state index < -0.39 is 0 Å². The molecule has 1 aliphatic rings. The molecule has 2 heterocycles. The van der Waals surface area contributed by atoms with Gasteiger partial charge in [0.2, 0.25) is 0 Å². The number of halogens is 1. The minimum atomic E-state index is 0.617. The van der Waals surface area contributed by atoms with Crippen molar-refractivity contribution in [2.45, 2.75) is 65.3 Å². The van der Waals surface area contributed by atoms with Crippen molar-refractivity contribution >= 4 is 11.6 Å². The molecule has 0 unspecified atom stereocenters. The molecule has 5 rings (SSSR count). The van der Waals surface area contributed by atoms with Gasteiger partial charge in [0.1, 0.15) is 6.07 Å². The maximum atomic E-state index is 9.30. The second-order valence-electron chi connectivity index (χ2n) is 11.1. The molecular weight excluding hydrogens is 510 g/mol. The van der Waals surface area contributed by atoms with Crippen LogP contribution in [0.3, 0.4) is 0 Å². The summed E-state index contributed by atoms with van der Waals surface area (Å²) in [5, 5.41) is 10.2. The van der Waals surface area contributed by atoms with Crippen molar-refractivity contribution in [2.24, 2.45) is 0 Å². The second kappa shape index (κ2) is 13.3. The van der Waals surface area contributed by atoms with Gasteiger partial charge in [0.05, 0.1) is 5.56 Å². The van der Waals surface area contributed by atoms with Gasteiger partial charge in [0, 0.05) is 24.0 Å². The summed E-state index contributed by atoms with van der Waals surface area (Å²) in [5.41, 5.74) is 12.3. The maximum Gasteiger partial charge on any atom is 0.101 e. The van der Waals surface area contributed by atoms with Crippen molar-refractivity contribution in [3.8, 4) is 17.2 Å². The fourth-order valence-corrected chi connectivity index (χ4v) is 6.28. The van der Waals surface area contributed by atoms with Gasteiger partial charge in [-0.1, -0.05) is 66.6 Å². The number of nitrogens with zero attached hydrogens (tertiary/aromatic N) is 3. The standard InChI is InChI=1S/C36H38ClN3/c1-26-9-4-5-11-34(26)35-12-8-10-30(27(35)2)15-16-32-20-31(14-13-28-19-29(22-38)24-39-23-28)33(21-36(32)37)25-40-17-6-3-7-18-40/h4-5,8-12,19-21,23-24H,3,6-7,13-18,25H2,1-2H3. The average molecular weight is 548 g/mol. The molecule has 1 aromatic heterocycles. The van der Waals surface area contributed by atoms with Gasteiger partial charge in [0.15, 0.2) is 0 Å². The molecule has 3 nitrogen and oxygen atoms in total. The lowest BCUT2D eigenvalue weighted by Gasteiger charge is -2.28. The Labute approximate surface area is 244 Å². The van der Waals surface area contributed by atoms with E-state index in [4.69, 9.17) is 11.6 Å². The Bertz CT molecular complexity index is 1510. The van der Waals surface area contributed by atoms with E-state index in [9.17, 15) is 5.26 Å². The summed E-state index contributed by atoms with van der Waals surface area (Å²) in [6.45, 7) is 7.69. The van der Waals surface area contributed by atoms with Crippen LogP contribution >= 0.6 is 11.6 Å². The van der Waals surface area contributed by atoms with Gasteiger partial charge in [-0.2, -0.15) is 5.26 Å². The Kier molecular flexibility index (Phi) is 9.32. The minimum Gasteiger partial charge on any atom is -0.299 e. The van der Waals surface area contributed by atoms with Gasteiger partial charge >= 0.3 is 0 Å². The Morgan fingerprint density at radius 1 is 0.775 bits per heavy atom. The first-order valence-corrected chi connectivity index (χ1v) is 14.9. The van der Waals surface area contributed by atoms with Crippen molar-refractivity contribution in [1.82, 2.24) is 9.88 Å². The summed E-state index contributed by atoms with van der Waals surface area (Å²) < 4.78 is 0. The molecule has 40 heavy (non-hydrogen) atoms. The molecule has 0 amide bonds. The SMILES string of the molecule is Cc1ccccc1-c1cccc(CCc2cc(CCc3cncc(C#N)c3)c(CN3CCCCC3)cc2Cl)c1C. The zero-order chi connectivity index (χ0) is 27.9. The third-order valence-electron chi connectivity index (χ3n) is 8.36. The van der Waals surface area contributed by atoms with Crippen LogP contribution in [0.4, 0.5) is 0 Å². The molecule has 4 aromatic rings. The highest BCUT2D eigenvalue weighted by atomic mass is 35.5. The van der Waals surface area contributed by atoms with E-state index >= 15 is 0 Å². The molecule has 0 N–H and O–H groups in total. The van der Waals surface area contributed by atoms with Crippen LogP contribution in [0, 0.1) is 25.2 Å². The molecule has 0 saturated carbocycles. The molecular formula is C36H38ClN3. The van der Waals surface area contributed by atoms with Crippen LogP contribution in [0.25, 0.3) is 11.1 Å². The minimum absolute atomic E-state index is 0.617. The van der Waals surface area contributed by atoms with Crippen LogP contribution in [-0.2, 0) is 32.2 Å². The molecule has 204 valence electrons. The number of pyridine rings is 1. The van der Waals surface area contributed by atoms with E-state index in [0.717, 1.165) is 55.9 Å². The molecule has 4 heteroatoms. The van der Waals surface area contributed by atoms with Gasteiger partial charge in [-0.3, -0.25) is 9.88 Å². The third-order valence-corrected chi connectivity index (χ3v) is 8.72. The molecule has 0 radical (unpaired) electrons.